The van der Waals surface area contributed by atoms with Crippen molar-refractivity contribution in [3.8, 4) is 0 Å². The summed E-state index contributed by atoms with van der Waals surface area (Å²) in [6.07, 6.45) is -5.53. The number of aliphatic hydroxyl groups excluding tert-OH is 1. The molecule has 3 N–H and O–H groups in total. The molecule has 2 amide bonds. The first kappa shape index (κ1) is 18.2. The molecule has 8 heteroatoms. The Hall–Kier alpha value is -2.58. The molecule has 0 spiro atoms. The standard InChI is InChI=1S/C18H15F3N2O2S/c19-18(20,21)13-6-2-3-7-14(13)23-17(25)22-9-15(24)12-10-26-16-8-4-1-5-11(12)16/h1-8,10,15,24H,9H2,(H2,22,23,25). The number of fused-ring (bicyclic) bond motifs is 1. The number of alkyl halides is 3. The summed E-state index contributed by atoms with van der Waals surface area (Å²) in [4.78, 5) is 11.9. The number of rotatable bonds is 4. The van der Waals surface area contributed by atoms with E-state index in [2.05, 4.69) is 10.6 Å². The summed E-state index contributed by atoms with van der Waals surface area (Å²) in [5.41, 5.74) is -0.603. The Kier molecular flexibility index (Phi) is 5.15. The molecule has 0 fully saturated rings. The van der Waals surface area contributed by atoms with Gasteiger partial charge < -0.3 is 15.7 Å². The number of hydrogen-bond donors (Lipinski definition) is 3. The molecule has 0 aliphatic carbocycles. The number of para-hydroxylation sites is 1. The van der Waals surface area contributed by atoms with Gasteiger partial charge in [-0.1, -0.05) is 30.3 Å². The van der Waals surface area contributed by atoms with E-state index >= 15 is 0 Å². The molecule has 3 rings (SSSR count). The Balaban J connectivity index is 1.65. The van der Waals surface area contributed by atoms with Gasteiger partial charge in [-0.2, -0.15) is 13.2 Å². The molecule has 0 bridgehead atoms. The van der Waals surface area contributed by atoms with Crippen molar-refractivity contribution < 1.29 is 23.1 Å². The van der Waals surface area contributed by atoms with Gasteiger partial charge in [-0.3, -0.25) is 0 Å². The first-order chi connectivity index (χ1) is 12.4. The van der Waals surface area contributed by atoms with Gasteiger partial charge in [0, 0.05) is 16.8 Å². The van der Waals surface area contributed by atoms with Gasteiger partial charge in [-0.15, -0.1) is 11.3 Å². The quantitative estimate of drug-likeness (QED) is 0.610. The minimum atomic E-state index is -4.57. The molecule has 1 unspecified atom stereocenters. The van der Waals surface area contributed by atoms with E-state index in [9.17, 15) is 23.1 Å². The van der Waals surface area contributed by atoms with E-state index in [1.807, 2.05) is 24.3 Å². The van der Waals surface area contributed by atoms with Crippen molar-refractivity contribution in [2.45, 2.75) is 12.3 Å². The van der Waals surface area contributed by atoms with Gasteiger partial charge >= 0.3 is 12.2 Å². The highest BCUT2D eigenvalue weighted by Gasteiger charge is 2.33. The predicted octanol–water partition coefficient (Wildman–Crippen LogP) is 4.78. The molecular formula is C18H15F3N2O2S. The van der Waals surface area contributed by atoms with E-state index in [0.717, 1.165) is 16.2 Å². The number of nitrogens with one attached hydrogen (secondary N) is 2. The molecule has 1 aromatic heterocycles. The minimum Gasteiger partial charge on any atom is -0.387 e. The summed E-state index contributed by atoms with van der Waals surface area (Å²) in [6, 6.07) is 11.4. The molecule has 3 aromatic rings. The van der Waals surface area contributed by atoms with Crippen LogP contribution in [0, 0.1) is 0 Å². The molecule has 4 nitrogen and oxygen atoms in total. The SMILES string of the molecule is O=C(NCC(O)c1csc2ccccc12)Nc1ccccc1C(F)(F)F. The molecule has 1 atom stereocenters. The molecule has 0 saturated heterocycles. The normalized spacial score (nSPS) is 12.8. The van der Waals surface area contributed by atoms with Crippen molar-refractivity contribution in [3.05, 3.63) is 65.0 Å². The minimum absolute atomic E-state index is 0.124. The molecule has 0 radical (unpaired) electrons. The van der Waals surface area contributed by atoms with E-state index in [-0.39, 0.29) is 12.2 Å². The number of carbonyl (C=O) groups excluding carboxylic acids is 1. The Morgan fingerprint density at radius 3 is 2.58 bits per heavy atom. The smallest absolute Gasteiger partial charge is 0.387 e. The van der Waals surface area contributed by atoms with Gasteiger partial charge in [0.05, 0.1) is 17.4 Å². The van der Waals surface area contributed by atoms with E-state index in [1.54, 1.807) is 5.38 Å². The molecule has 1 heterocycles. The zero-order valence-corrected chi connectivity index (χ0v) is 14.2. The molecule has 26 heavy (non-hydrogen) atoms. The molecule has 136 valence electrons. The van der Waals surface area contributed by atoms with Crippen molar-refractivity contribution in [2.75, 3.05) is 11.9 Å². The lowest BCUT2D eigenvalue weighted by atomic mass is 10.1. The zero-order chi connectivity index (χ0) is 18.7. The Morgan fingerprint density at radius 2 is 1.81 bits per heavy atom. The summed E-state index contributed by atoms with van der Waals surface area (Å²) >= 11 is 1.47. The van der Waals surface area contributed by atoms with Crippen LogP contribution in [-0.2, 0) is 6.18 Å². The van der Waals surface area contributed by atoms with Crippen LogP contribution in [0.1, 0.15) is 17.2 Å². The Labute approximate surface area is 151 Å². The van der Waals surface area contributed by atoms with Crippen molar-refractivity contribution in [3.63, 3.8) is 0 Å². The zero-order valence-electron chi connectivity index (χ0n) is 13.4. The number of benzene rings is 2. The number of anilines is 1. The predicted molar refractivity (Wildman–Crippen MR) is 95.3 cm³/mol. The monoisotopic (exact) mass is 380 g/mol. The summed E-state index contributed by atoms with van der Waals surface area (Å²) < 4.78 is 39.8. The number of hydrogen-bond acceptors (Lipinski definition) is 3. The van der Waals surface area contributed by atoms with Gasteiger partial charge in [-0.05, 0) is 29.0 Å². The van der Waals surface area contributed by atoms with E-state index in [4.69, 9.17) is 0 Å². The third-order valence-electron chi connectivity index (χ3n) is 3.81. The molecule has 0 saturated carbocycles. The molecule has 2 aromatic carbocycles. The Morgan fingerprint density at radius 1 is 1.12 bits per heavy atom. The molecule has 0 aliphatic heterocycles. The number of thiophene rings is 1. The maximum Gasteiger partial charge on any atom is 0.418 e. The maximum atomic E-state index is 12.9. The molecule has 0 aliphatic rings. The van der Waals surface area contributed by atoms with Crippen LogP contribution in [0.5, 0.6) is 0 Å². The number of halogens is 3. The Bertz CT molecular complexity index is 924. The van der Waals surface area contributed by atoms with Crippen LogP contribution in [-0.4, -0.2) is 17.7 Å². The highest BCUT2D eigenvalue weighted by Crippen LogP contribution is 2.34. The van der Waals surface area contributed by atoms with Gasteiger partial charge in [0.1, 0.15) is 0 Å². The average molecular weight is 380 g/mol. The maximum absolute atomic E-state index is 12.9. The van der Waals surface area contributed by atoms with Crippen LogP contribution < -0.4 is 10.6 Å². The van der Waals surface area contributed by atoms with Crippen molar-refractivity contribution >= 4 is 33.1 Å². The highest BCUT2D eigenvalue weighted by molar-refractivity contribution is 7.17. The van der Waals surface area contributed by atoms with E-state index in [1.165, 1.54) is 29.5 Å². The lowest BCUT2D eigenvalue weighted by Crippen LogP contribution is -2.33. The number of aliphatic hydroxyl groups is 1. The summed E-state index contributed by atoms with van der Waals surface area (Å²) in [5, 5.41) is 17.5. The summed E-state index contributed by atoms with van der Waals surface area (Å²) in [5.74, 6) is 0. The lowest BCUT2D eigenvalue weighted by molar-refractivity contribution is -0.136. The second kappa shape index (κ2) is 7.35. The largest absolute Gasteiger partial charge is 0.418 e. The van der Waals surface area contributed by atoms with Crippen molar-refractivity contribution in [2.24, 2.45) is 0 Å². The van der Waals surface area contributed by atoms with Crippen LogP contribution in [0.15, 0.2) is 53.9 Å². The van der Waals surface area contributed by atoms with Crippen molar-refractivity contribution in [1.82, 2.24) is 5.32 Å². The number of amides is 2. The fourth-order valence-corrected chi connectivity index (χ4v) is 3.57. The van der Waals surface area contributed by atoms with Crippen LogP contribution in [0.25, 0.3) is 10.1 Å². The second-order valence-corrected chi connectivity index (χ2v) is 6.49. The second-order valence-electron chi connectivity index (χ2n) is 5.58. The van der Waals surface area contributed by atoms with Gasteiger partial charge in [0.15, 0.2) is 0 Å². The van der Waals surface area contributed by atoms with Gasteiger partial charge in [0.25, 0.3) is 0 Å². The first-order valence-corrected chi connectivity index (χ1v) is 8.59. The van der Waals surface area contributed by atoms with Crippen LogP contribution in [0.2, 0.25) is 0 Å². The van der Waals surface area contributed by atoms with Crippen LogP contribution in [0.4, 0.5) is 23.7 Å². The highest BCUT2D eigenvalue weighted by atomic mass is 32.1. The van der Waals surface area contributed by atoms with E-state index < -0.39 is 23.9 Å². The summed E-state index contributed by atoms with van der Waals surface area (Å²) in [6.45, 7) is -0.124. The van der Waals surface area contributed by atoms with E-state index in [0.29, 0.717) is 5.56 Å². The first-order valence-electron chi connectivity index (χ1n) is 7.71. The van der Waals surface area contributed by atoms with Gasteiger partial charge in [0.2, 0.25) is 0 Å². The third kappa shape index (κ3) is 3.97. The molecular weight excluding hydrogens is 365 g/mol. The number of carbonyl (C=O) groups is 1. The van der Waals surface area contributed by atoms with Crippen LogP contribution in [0.3, 0.4) is 0 Å². The number of urea groups is 1. The fourth-order valence-electron chi connectivity index (χ4n) is 2.56. The summed E-state index contributed by atoms with van der Waals surface area (Å²) in [7, 11) is 0. The lowest BCUT2D eigenvalue weighted by Gasteiger charge is -2.15. The fraction of sp³-hybridized carbons (Fsp3) is 0.167. The third-order valence-corrected chi connectivity index (χ3v) is 4.79. The van der Waals surface area contributed by atoms with Crippen molar-refractivity contribution in [1.29, 1.82) is 0 Å². The average Bonchev–Trinajstić information content (AvgIpc) is 3.03. The van der Waals surface area contributed by atoms with Gasteiger partial charge in [-0.25, -0.2) is 4.79 Å². The topological polar surface area (TPSA) is 61.4 Å². The van der Waals surface area contributed by atoms with Crippen LogP contribution >= 0.6 is 11.3 Å².